The molecule has 1 fully saturated rings. The lowest BCUT2D eigenvalue weighted by atomic mass is 10.2. The van der Waals surface area contributed by atoms with Gasteiger partial charge in [0.05, 0.1) is 11.9 Å². The van der Waals surface area contributed by atoms with Gasteiger partial charge in [0.1, 0.15) is 5.15 Å². The molecule has 3 heterocycles. The van der Waals surface area contributed by atoms with Gasteiger partial charge >= 0.3 is 0 Å². The Bertz CT molecular complexity index is 559. The van der Waals surface area contributed by atoms with Crippen molar-refractivity contribution >= 4 is 17.5 Å². The van der Waals surface area contributed by atoms with Crippen molar-refractivity contribution in [2.24, 2.45) is 7.05 Å². The molecule has 18 heavy (non-hydrogen) atoms. The Hall–Kier alpha value is -1.62. The number of anilines is 1. The van der Waals surface area contributed by atoms with Crippen molar-refractivity contribution in [1.29, 1.82) is 0 Å². The number of halogens is 1. The van der Waals surface area contributed by atoms with Crippen LogP contribution >= 0.6 is 11.6 Å². The van der Waals surface area contributed by atoms with Crippen LogP contribution in [0.4, 0.5) is 5.95 Å². The first-order valence-corrected chi connectivity index (χ1v) is 6.39. The second-order valence-electron chi connectivity index (χ2n) is 4.47. The maximum absolute atomic E-state index is 6.08. The lowest BCUT2D eigenvalue weighted by Gasteiger charge is -2.15. The second kappa shape index (κ2) is 4.57. The van der Waals surface area contributed by atoms with E-state index in [9.17, 15) is 0 Å². The third-order valence-electron chi connectivity index (χ3n) is 3.07. The minimum absolute atomic E-state index is 0.478. The predicted octanol–water partition coefficient (Wildman–Crippen LogP) is 2.13. The summed E-state index contributed by atoms with van der Waals surface area (Å²) in [6.45, 7) is 2.01. The highest BCUT2D eigenvalue weighted by Crippen LogP contribution is 2.24. The number of hydrogen-bond acceptors (Lipinski definition) is 4. The quantitative estimate of drug-likeness (QED) is 0.779. The molecule has 0 N–H and O–H groups in total. The molecular formula is C12H14ClN5. The van der Waals surface area contributed by atoms with Gasteiger partial charge in [0.2, 0.25) is 5.95 Å². The topological polar surface area (TPSA) is 46.8 Å². The fourth-order valence-corrected chi connectivity index (χ4v) is 2.34. The Morgan fingerprint density at radius 2 is 2.00 bits per heavy atom. The molecule has 3 rings (SSSR count). The van der Waals surface area contributed by atoms with Crippen molar-refractivity contribution in [1.82, 2.24) is 19.7 Å². The van der Waals surface area contributed by atoms with Gasteiger partial charge in [-0.1, -0.05) is 11.6 Å². The zero-order valence-corrected chi connectivity index (χ0v) is 10.9. The van der Waals surface area contributed by atoms with Gasteiger partial charge in [-0.25, -0.2) is 9.97 Å². The first-order valence-electron chi connectivity index (χ1n) is 6.01. The summed E-state index contributed by atoms with van der Waals surface area (Å²) in [5.74, 6) is 0.721. The molecule has 1 aliphatic heterocycles. The monoisotopic (exact) mass is 263 g/mol. The maximum Gasteiger partial charge on any atom is 0.227 e. The number of hydrogen-bond donors (Lipinski definition) is 0. The number of nitrogens with zero attached hydrogens (tertiary/aromatic N) is 5. The van der Waals surface area contributed by atoms with E-state index in [0.29, 0.717) is 5.15 Å². The molecule has 1 saturated heterocycles. The van der Waals surface area contributed by atoms with Crippen molar-refractivity contribution in [2.45, 2.75) is 12.8 Å². The van der Waals surface area contributed by atoms with Gasteiger partial charge in [0.25, 0.3) is 0 Å². The Labute approximate surface area is 110 Å². The van der Waals surface area contributed by atoms with Crippen molar-refractivity contribution in [3.05, 3.63) is 23.6 Å². The molecule has 0 aromatic carbocycles. The molecule has 0 bridgehead atoms. The molecule has 6 heteroatoms. The van der Waals surface area contributed by atoms with Gasteiger partial charge in [-0.15, -0.1) is 0 Å². The van der Waals surface area contributed by atoms with Crippen molar-refractivity contribution in [2.75, 3.05) is 18.0 Å². The van der Waals surface area contributed by atoms with E-state index in [1.165, 1.54) is 12.8 Å². The highest BCUT2D eigenvalue weighted by Gasteiger charge is 2.17. The molecule has 0 aliphatic carbocycles. The molecule has 1 aliphatic rings. The molecule has 0 unspecified atom stereocenters. The van der Waals surface area contributed by atoms with E-state index in [1.54, 1.807) is 16.9 Å². The lowest BCUT2D eigenvalue weighted by Crippen LogP contribution is -2.20. The smallest absolute Gasteiger partial charge is 0.227 e. The van der Waals surface area contributed by atoms with Gasteiger partial charge in [0.15, 0.2) is 0 Å². The summed E-state index contributed by atoms with van der Waals surface area (Å²) in [6, 6.07) is 1.78. The standard InChI is InChI=1S/C12H14ClN5/c1-17-8-9(7-14-17)10-6-11(13)16-12(15-10)18-4-2-3-5-18/h6-8H,2-5H2,1H3. The van der Waals surface area contributed by atoms with Gasteiger partial charge in [-0.3, -0.25) is 4.68 Å². The average Bonchev–Trinajstić information content (AvgIpc) is 2.98. The zero-order chi connectivity index (χ0) is 12.5. The van der Waals surface area contributed by atoms with E-state index >= 15 is 0 Å². The van der Waals surface area contributed by atoms with Crippen LogP contribution in [-0.4, -0.2) is 32.8 Å². The minimum Gasteiger partial charge on any atom is -0.341 e. The van der Waals surface area contributed by atoms with Crippen molar-refractivity contribution in [3.8, 4) is 11.3 Å². The lowest BCUT2D eigenvalue weighted by molar-refractivity contribution is 0.768. The van der Waals surface area contributed by atoms with Crippen LogP contribution in [-0.2, 0) is 7.05 Å². The van der Waals surface area contributed by atoms with Gasteiger partial charge in [-0.05, 0) is 12.8 Å². The maximum atomic E-state index is 6.08. The number of rotatable bonds is 2. The van der Waals surface area contributed by atoms with Crippen LogP contribution in [0.15, 0.2) is 18.5 Å². The van der Waals surface area contributed by atoms with E-state index in [2.05, 4.69) is 20.0 Å². The molecule has 0 saturated carbocycles. The molecule has 0 spiro atoms. The summed E-state index contributed by atoms with van der Waals surface area (Å²) >= 11 is 6.08. The van der Waals surface area contributed by atoms with E-state index in [4.69, 9.17) is 11.6 Å². The Kier molecular flexibility index (Phi) is 2.91. The van der Waals surface area contributed by atoms with E-state index in [1.807, 2.05) is 13.2 Å². The molecule has 0 amide bonds. The normalized spacial score (nSPS) is 15.3. The van der Waals surface area contributed by atoms with E-state index in [0.717, 1.165) is 30.3 Å². The van der Waals surface area contributed by atoms with Crippen LogP contribution in [0.5, 0.6) is 0 Å². The van der Waals surface area contributed by atoms with Crippen LogP contribution in [0.3, 0.4) is 0 Å². The molecular weight excluding hydrogens is 250 g/mol. The van der Waals surface area contributed by atoms with Crippen LogP contribution in [0.1, 0.15) is 12.8 Å². The van der Waals surface area contributed by atoms with Crippen LogP contribution in [0.25, 0.3) is 11.3 Å². The predicted molar refractivity (Wildman–Crippen MR) is 70.7 cm³/mol. The van der Waals surface area contributed by atoms with Gasteiger partial charge in [0, 0.05) is 38.0 Å². The van der Waals surface area contributed by atoms with Gasteiger partial charge < -0.3 is 4.90 Å². The molecule has 2 aromatic rings. The Balaban J connectivity index is 1.99. The number of aromatic nitrogens is 4. The number of aryl methyl sites for hydroxylation is 1. The third kappa shape index (κ3) is 2.18. The molecule has 5 nitrogen and oxygen atoms in total. The SMILES string of the molecule is Cn1cc(-c2cc(Cl)nc(N3CCCC3)n2)cn1. The molecule has 0 atom stereocenters. The van der Waals surface area contributed by atoms with Crippen molar-refractivity contribution in [3.63, 3.8) is 0 Å². The van der Waals surface area contributed by atoms with Crippen molar-refractivity contribution < 1.29 is 0 Å². The summed E-state index contributed by atoms with van der Waals surface area (Å²) in [5, 5.41) is 4.63. The van der Waals surface area contributed by atoms with Crippen LogP contribution in [0, 0.1) is 0 Å². The van der Waals surface area contributed by atoms with Gasteiger partial charge in [-0.2, -0.15) is 5.10 Å². The summed E-state index contributed by atoms with van der Waals surface area (Å²) < 4.78 is 1.75. The third-order valence-corrected chi connectivity index (χ3v) is 3.27. The summed E-state index contributed by atoms with van der Waals surface area (Å²) in [6.07, 6.45) is 6.09. The summed E-state index contributed by atoms with van der Waals surface area (Å²) in [4.78, 5) is 11.0. The highest BCUT2D eigenvalue weighted by atomic mass is 35.5. The largest absolute Gasteiger partial charge is 0.341 e. The summed E-state index contributed by atoms with van der Waals surface area (Å²) in [5.41, 5.74) is 1.78. The molecule has 94 valence electrons. The molecule has 0 radical (unpaired) electrons. The van der Waals surface area contributed by atoms with Crippen LogP contribution in [0.2, 0.25) is 5.15 Å². The molecule has 2 aromatic heterocycles. The van der Waals surface area contributed by atoms with E-state index < -0.39 is 0 Å². The average molecular weight is 264 g/mol. The van der Waals surface area contributed by atoms with Crippen LogP contribution < -0.4 is 4.90 Å². The summed E-state index contributed by atoms with van der Waals surface area (Å²) in [7, 11) is 1.88. The first-order chi connectivity index (χ1) is 8.72. The fourth-order valence-electron chi connectivity index (χ4n) is 2.17. The Morgan fingerprint density at radius 1 is 1.22 bits per heavy atom. The Morgan fingerprint density at radius 3 is 2.67 bits per heavy atom. The second-order valence-corrected chi connectivity index (χ2v) is 4.86. The first kappa shape index (κ1) is 11.5. The highest BCUT2D eigenvalue weighted by molar-refractivity contribution is 6.29. The van der Waals surface area contributed by atoms with E-state index in [-0.39, 0.29) is 0 Å². The minimum atomic E-state index is 0.478. The fraction of sp³-hybridized carbons (Fsp3) is 0.417. The zero-order valence-electron chi connectivity index (χ0n) is 10.2.